The zero-order valence-electron chi connectivity index (χ0n) is 15.7. The van der Waals surface area contributed by atoms with Gasteiger partial charge in [0.15, 0.2) is 0 Å². The average molecular weight is 360 g/mol. The van der Waals surface area contributed by atoms with Crippen LogP contribution in [0.3, 0.4) is 0 Å². The quantitative estimate of drug-likeness (QED) is 0.594. The first kappa shape index (κ1) is 19.9. The van der Waals surface area contributed by atoms with Crippen LogP contribution in [0.2, 0.25) is 0 Å². The number of hydrogen-bond donors (Lipinski definition) is 3. The summed E-state index contributed by atoms with van der Waals surface area (Å²) in [7, 11) is 0. The first-order valence-corrected chi connectivity index (χ1v) is 8.98. The summed E-state index contributed by atoms with van der Waals surface area (Å²) in [6.45, 7) is 5.86. The van der Waals surface area contributed by atoms with Gasteiger partial charge in [-0.25, -0.2) is 4.98 Å². The van der Waals surface area contributed by atoms with Crippen molar-refractivity contribution >= 4 is 17.5 Å². The van der Waals surface area contributed by atoms with E-state index in [1.165, 1.54) is 0 Å². The molecule has 7 nitrogen and oxygen atoms in total. The molecule has 2 amide bonds. The van der Waals surface area contributed by atoms with Crippen LogP contribution in [0.25, 0.3) is 5.65 Å². The number of carbonyl (C=O) groups is 2. The molecule has 0 saturated heterocycles. The van der Waals surface area contributed by atoms with E-state index in [0.29, 0.717) is 24.4 Å². The first-order chi connectivity index (χ1) is 12.3. The Hall–Kier alpha value is -2.41. The predicted octanol–water partition coefficient (Wildman–Crippen LogP) is 1.82. The molecule has 0 bridgehead atoms. The number of aliphatic hydroxyl groups excluding tert-OH is 1. The minimum atomic E-state index is -0.586. The number of aliphatic hydroxyl groups is 1. The second-order valence-corrected chi connectivity index (χ2v) is 7.13. The van der Waals surface area contributed by atoms with E-state index in [2.05, 4.69) is 15.6 Å². The van der Waals surface area contributed by atoms with Gasteiger partial charge in [-0.3, -0.25) is 14.0 Å². The van der Waals surface area contributed by atoms with Crippen molar-refractivity contribution in [3.63, 3.8) is 0 Å². The Bertz CT molecular complexity index is 767. The summed E-state index contributed by atoms with van der Waals surface area (Å²) in [5, 5.41) is 14.8. The maximum absolute atomic E-state index is 12.4. The van der Waals surface area contributed by atoms with E-state index in [0.717, 1.165) is 24.9 Å². The number of imidazole rings is 1. The zero-order valence-corrected chi connectivity index (χ0v) is 15.7. The number of nitrogens with zero attached hydrogens (tertiary/aromatic N) is 2. The van der Waals surface area contributed by atoms with Gasteiger partial charge in [-0.15, -0.1) is 0 Å². The molecule has 2 aromatic rings. The minimum absolute atomic E-state index is 0.0607. The van der Waals surface area contributed by atoms with Crippen LogP contribution < -0.4 is 10.6 Å². The van der Waals surface area contributed by atoms with Crippen molar-refractivity contribution in [2.45, 2.75) is 52.0 Å². The van der Waals surface area contributed by atoms with Gasteiger partial charge >= 0.3 is 0 Å². The number of unbranched alkanes of at least 4 members (excludes halogenated alkanes) is 2. The lowest BCUT2D eigenvalue weighted by Crippen LogP contribution is -2.46. The number of pyridine rings is 1. The fourth-order valence-electron chi connectivity index (χ4n) is 2.74. The molecule has 7 heteroatoms. The molecule has 0 atom stereocenters. The van der Waals surface area contributed by atoms with Gasteiger partial charge in [0.05, 0.1) is 17.8 Å². The van der Waals surface area contributed by atoms with Crippen molar-refractivity contribution < 1.29 is 14.7 Å². The van der Waals surface area contributed by atoms with E-state index >= 15 is 0 Å². The molecule has 0 radical (unpaired) electrons. The SMILES string of the molecule is Cc1nc2ccccn2c1C(=O)NCCCCCC(=O)NC(C)(C)CO. The van der Waals surface area contributed by atoms with E-state index in [9.17, 15) is 9.59 Å². The molecule has 2 aromatic heterocycles. The molecule has 2 heterocycles. The Kier molecular flexibility index (Phi) is 6.74. The molecule has 2 rings (SSSR count). The van der Waals surface area contributed by atoms with Crippen LogP contribution in [0.15, 0.2) is 24.4 Å². The summed E-state index contributed by atoms with van der Waals surface area (Å²) in [6, 6.07) is 5.63. The number of aromatic nitrogens is 2. The lowest BCUT2D eigenvalue weighted by Gasteiger charge is -2.23. The molecule has 142 valence electrons. The first-order valence-electron chi connectivity index (χ1n) is 8.98. The highest BCUT2D eigenvalue weighted by Gasteiger charge is 2.18. The molecule has 0 aliphatic carbocycles. The Morgan fingerprint density at radius 2 is 2.00 bits per heavy atom. The van der Waals surface area contributed by atoms with Crippen molar-refractivity contribution in [1.29, 1.82) is 0 Å². The van der Waals surface area contributed by atoms with Crippen molar-refractivity contribution in [3.8, 4) is 0 Å². The monoisotopic (exact) mass is 360 g/mol. The molecule has 26 heavy (non-hydrogen) atoms. The summed E-state index contributed by atoms with van der Waals surface area (Å²) in [6.07, 6.45) is 4.65. The predicted molar refractivity (Wildman–Crippen MR) is 100 cm³/mol. The van der Waals surface area contributed by atoms with Crippen molar-refractivity contribution in [3.05, 3.63) is 35.8 Å². The summed E-state index contributed by atoms with van der Waals surface area (Å²) >= 11 is 0. The number of hydrogen-bond acceptors (Lipinski definition) is 4. The molecule has 0 spiro atoms. The highest BCUT2D eigenvalue weighted by atomic mass is 16.3. The van der Waals surface area contributed by atoms with Gasteiger partial charge in [0.25, 0.3) is 5.91 Å². The Balaban J connectivity index is 1.71. The average Bonchev–Trinajstić information content (AvgIpc) is 2.93. The van der Waals surface area contributed by atoms with Gasteiger partial charge in [0.1, 0.15) is 11.3 Å². The third kappa shape index (κ3) is 5.29. The van der Waals surface area contributed by atoms with Gasteiger partial charge in [-0.05, 0) is 45.7 Å². The van der Waals surface area contributed by atoms with Crippen molar-refractivity contribution in [2.75, 3.05) is 13.2 Å². The Morgan fingerprint density at radius 1 is 1.23 bits per heavy atom. The number of fused-ring (bicyclic) bond motifs is 1. The molecule has 0 aromatic carbocycles. The van der Waals surface area contributed by atoms with E-state index in [4.69, 9.17) is 5.11 Å². The second kappa shape index (κ2) is 8.80. The van der Waals surface area contributed by atoms with Crippen LogP contribution in [0, 0.1) is 6.92 Å². The largest absolute Gasteiger partial charge is 0.394 e. The number of amides is 2. The topological polar surface area (TPSA) is 95.7 Å². The fraction of sp³-hybridized carbons (Fsp3) is 0.526. The van der Waals surface area contributed by atoms with Crippen LogP contribution in [-0.2, 0) is 4.79 Å². The third-order valence-electron chi connectivity index (χ3n) is 4.16. The highest BCUT2D eigenvalue weighted by molar-refractivity contribution is 5.94. The molecule has 0 unspecified atom stereocenters. The molecular formula is C19H28N4O3. The zero-order chi connectivity index (χ0) is 19.2. The summed E-state index contributed by atoms with van der Waals surface area (Å²) in [5.41, 5.74) is 1.44. The Morgan fingerprint density at radius 3 is 2.73 bits per heavy atom. The van der Waals surface area contributed by atoms with Crippen LogP contribution in [0.1, 0.15) is 55.7 Å². The maximum atomic E-state index is 12.4. The van der Waals surface area contributed by atoms with Gasteiger partial charge in [0, 0.05) is 19.2 Å². The Labute approximate surface area is 153 Å². The molecular weight excluding hydrogens is 332 g/mol. The maximum Gasteiger partial charge on any atom is 0.270 e. The van der Waals surface area contributed by atoms with E-state index in [1.54, 1.807) is 18.2 Å². The van der Waals surface area contributed by atoms with Crippen molar-refractivity contribution in [2.24, 2.45) is 0 Å². The number of carbonyl (C=O) groups excluding carboxylic acids is 2. The summed E-state index contributed by atoms with van der Waals surface area (Å²) in [4.78, 5) is 28.6. The van der Waals surface area contributed by atoms with Crippen molar-refractivity contribution in [1.82, 2.24) is 20.0 Å². The van der Waals surface area contributed by atoms with Gasteiger partial charge in [0.2, 0.25) is 5.91 Å². The normalized spacial score (nSPS) is 11.5. The molecule has 3 N–H and O–H groups in total. The second-order valence-electron chi connectivity index (χ2n) is 7.13. The third-order valence-corrected chi connectivity index (χ3v) is 4.16. The van der Waals surface area contributed by atoms with Gasteiger partial charge in [-0.1, -0.05) is 12.5 Å². The smallest absolute Gasteiger partial charge is 0.270 e. The molecule has 0 saturated carbocycles. The van der Waals surface area contributed by atoms with Gasteiger partial charge < -0.3 is 15.7 Å². The summed E-state index contributed by atoms with van der Waals surface area (Å²) < 4.78 is 1.79. The van der Waals surface area contributed by atoms with E-state index in [-0.39, 0.29) is 18.4 Å². The highest BCUT2D eigenvalue weighted by Crippen LogP contribution is 2.11. The fourth-order valence-corrected chi connectivity index (χ4v) is 2.74. The number of rotatable bonds is 9. The lowest BCUT2D eigenvalue weighted by atomic mass is 10.1. The summed E-state index contributed by atoms with van der Waals surface area (Å²) in [5.74, 6) is -0.196. The standard InChI is InChI=1S/C19H28N4O3/c1-14-17(23-12-8-6-9-15(23)21-14)18(26)20-11-7-4-5-10-16(25)22-19(2,3)13-24/h6,8-9,12,24H,4-5,7,10-11,13H2,1-3H3,(H,20,26)(H,22,25). The van der Waals surface area contributed by atoms with E-state index in [1.807, 2.05) is 31.3 Å². The van der Waals surface area contributed by atoms with E-state index < -0.39 is 5.54 Å². The van der Waals surface area contributed by atoms with Crippen LogP contribution in [0.5, 0.6) is 0 Å². The number of aryl methyl sites for hydroxylation is 1. The van der Waals surface area contributed by atoms with Gasteiger partial charge in [-0.2, -0.15) is 0 Å². The molecule has 0 aliphatic heterocycles. The molecule has 0 fully saturated rings. The van der Waals surface area contributed by atoms with Crippen LogP contribution in [0.4, 0.5) is 0 Å². The minimum Gasteiger partial charge on any atom is -0.394 e. The van der Waals surface area contributed by atoms with Crippen LogP contribution in [-0.4, -0.2) is 45.0 Å². The molecule has 0 aliphatic rings. The van der Waals surface area contributed by atoms with Crippen LogP contribution >= 0.6 is 0 Å². The lowest BCUT2D eigenvalue weighted by molar-refractivity contribution is -0.123. The number of nitrogens with one attached hydrogen (secondary N) is 2.